The zero-order valence-electron chi connectivity index (χ0n) is 11.1. The lowest BCUT2D eigenvalue weighted by atomic mass is 10.6. The molecule has 0 aliphatic carbocycles. The molecule has 0 N–H and O–H groups in total. The smallest absolute Gasteiger partial charge is 0.384 e. The molecule has 1 rings (SSSR count). The minimum absolute atomic E-state index is 0.865. The van der Waals surface area contributed by atoms with Crippen molar-refractivity contribution in [2.45, 2.75) is 18.3 Å². The van der Waals surface area contributed by atoms with Gasteiger partial charge in [-0.25, -0.2) is 21.9 Å². The van der Waals surface area contributed by atoms with E-state index in [1.807, 2.05) is 37.5 Å². The summed E-state index contributed by atoms with van der Waals surface area (Å²) in [6, 6.07) is 0. The van der Waals surface area contributed by atoms with Crippen LogP contribution in [0.15, 0.2) is 56.4 Å². The third-order valence-corrected chi connectivity index (χ3v) is 2.91. The SMILES string of the molecule is C=C(F)C(F)(F)S(=O)(=O)[O-].C=CCn1cc[n+](CC=C)c1. The summed E-state index contributed by atoms with van der Waals surface area (Å²) in [6.07, 6.45) is 9.82. The highest BCUT2D eigenvalue weighted by atomic mass is 32.2. The summed E-state index contributed by atoms with van der Waals surface area (Å²) in [7, 11) is -5.96. The molecule has 0 fully saturated rings. The maximum Gasteiger partial charge on any atom is 0.384 e. The van der Waals surface area contributed by atoms with E-state index in [-0.39, 0.29) is 0 Å². The van der Waals surface area contributed by atoms with Gasteiger partial charge in [-0.3, -0.25) is 0 Å². The second-order valence-corrected chi connectivity index (χ2v) is 5.18. The van der Waals surface area contributed by atoms with Crippen LogP contribution < -0.4 is 4.57 Å². The number of halogens is 3. The summed E-state index contributed by atoms with van der Waals surface area (Å²) in [4.78, 5) is 0. The molecule has 0 aliphatic heterocycles. The van der Waals surface area contributed by atoms with Crippen molar-refractivity contribution in [2.75, 3.05) is 0 Å². The van der Waals surface area contributed by atoms with Gasteiger partial charge in [-0.2, -0.15) is 8.78 Å². The number of allylic oxidation sites excluding steroid dienone is 2. The second kappa shape index (κ2) is 7.79. The lowest BCUT2D eigenvalue weighted by Gasteiger charge is -2.16. The standard InChI is InChI=1S/C9H13N2.C3H3F3O3S/c1-3-5-10-7-8-11(9-10)6-4-2;1-2(4)3(5,6)10(7,8)9/h3-4,7-9H,1-2,5-6H2;1H2,(H,7,8,9)/q+1;/p-1. The molecule has 0 saturated carbocycles. The van der Waals surface area contributed by atoms with Crippen molar-refractivity contribution < 1.29 is 30.7 Å². The Morgan fingerprint density at radius 1 is 1.38 bits per heavy atom. The normalized spacial score (nSPS) is 11.2. The first-order valence-electron chi connectivity index (χ1n) is 5.51. The first-order valence-corrected chi connectivity index (χ1v) is 6.91. The van der Waals surface area contributed by atoms with Crippen LogP contribution in [0.3, 0.4) is 0 Å². The maximum absolute atomic E-state index is 11.7. The summed E-state index contributed by atoms with van der Waals surface area (Å²) in [6.45, 7) is 11.0. The van der Waals surface area contributed by atoms with Crippen LogP contribution in [0.4, 0.5) is 13.2 Å². The van der Waals surface area contributed by atoms with Crippen molar-refractivity contribution in [1.82, 2.24) is 4.57 Å². The molecule has 9 heteroatoms. The van der Waals surface area contributed by atoms with Crippen LogP contribution in [0.2, 0.25) is 0 Å². The quantitative estimate of drug-likeness (QED) is 0.455. The molecule has 0 unspecified atom stereocenters. The number of imidazole rings is 1. The van der Waals surface area contributed by atoms with Crippen LogP contribution >= 0.6 is 0 Å². The van der Waals surface area contributed by atoms with Gasteiger partial charge in [0.05, 0.1) is 0 Å². The van der Waals surface area contributed by atoms with Crippen molar-refractivity contribution >= 4 is 10.1 Å². The van der Waals surface area contributed by atoms with Crippen LogP contribution in [0.25, 0.3) is 0 Å². The summed E-state index contributed by atoms with van der Waals surface area (Å²) in [5, 5.41) is -5.01. The van der Waals surface area contributed by atoms with Gasteiger partial charge < -0.3 is 4.55 Å². The number of alkyl halides is 2. The van der Waals surface area contributed by atoms with E-state index in [0.717, 1.165) is 13.1 Å². The third kappa shape index (κ3) is 5.96. The fraction of sp³-hybridized carbons (Fsp3) is 0.250. The Morgan fingerprint density at radius 2 is 1.95 bits per heavy atom. The van der Waals surface area contributed by atoms with Gasteiger partial charge in [-0.05, 0) is 0 Å². The Kier molecular flexibility index (Phi) is 7.10. The molecule has 0 saturated heterocycles. The minimum Gasteiger partial charge on any atom is -0.743 e. The van der Waals surface area contributed by atoms with Gasteiger partial charge >= 0.3 is 5.25 Å². The molecular weight excluding hydrogens is 309 g/mol. The molecule has 1 aromatic rings. The highest BCUT2D eigenvalue weighted by molar-refractivity contribution is 7.87. The molecule has 0 radical (unpaired) electrons. The monoisotopic (exact) mass is 324 g/mol. The molecule has 0 bridgehead atoms. The Morgan fingerprint density at radius 3 is 2.29 bits per heavy atom. The Balaban J connectivity index is 0.000000384. The molecule has 1 aromatic heterocycles. The van der Waals surface area contributed by atoms with Gasteiger partial charge in [-0.15, -0.1) is 0 Å². The van der Waals surface area contributed by atoms with Crippen molar-refractivity contribution in [3.8, 4) is 0 Å². The number of nitrogens with zero attached hydrogens (tertiary/aromatic N) is 2. The van der Waals surface area contributed by atoms with Crippen LogP contribution in [0.1, 0.15) is 0 Å². The van der Waals surface area contributed by atoms with Gasteiger partial charge in [0.25, 0.3) is 0 Å². The molecule has 21 heavy (non-hydrogen) atoms. The molecule has 0 spiro atoms. The van der Waals surface area contributed by atoms with Gasteiger partial charge in [0.2, 0.25) is 6.33 Å². The number of aromatic nitrogens is 2. The Labute approximate surface area is 121 Å². The van der Waals surface area contributed by atoms with Crippen molar-refractivity contribution in [3.05, 3.63) is 56.4 Å². The fourth-order valence-electron chi connectivity index (χ4n) is 1.09. The fourth-order valence-corrected chi connectivity index (χ4v) is 1.36. The zero-order chi connectivity index (χ0) is 16.7. The van der Waals surface area contributed by atoms with Gasteiger partial charge in [0, 0.05) is 0 Å². The molecule has 0 aliphatic rings. The van der Waals surface area contributed by atoms with Crippen molar-refractivity contribution in [3.63, 3.8) is 0 Å². The second-order valence-electron chi connectivity index (χ2n) is 3.76. The van der Waals surface area contributed by atoms with E-state index < -0.39 is 21.2 Å². The number of rotatable bonds is 6. The van der Waals surface area contributed by atoms with E-state index in [1.165, 1.54) is 0 Å². The molecule has 0 atom stereocenters. The zero-order valence-corrected chi connectivity index (χ0v) is 11.9. The van der Waals surface area contributed by atoms with Crippen LogP contribution in [0.5, 0.6) is 0 Å². The highest BCUT2D eigenvalue weighted by Gasteiger charge is 2.41. The molecule has 5 nitrogen and oxygen atoms in total. The van der Waals surface area contributed by atoms with Crippen LogP contribution in [0, 0.1) is 0 Å². The molecule has 1 heterocycles. The first-order chi connectivity index (χ1) is 9.56. The van der Waals surface area contributed by atoms with Gasteiger partial charge in [0.1, 0.15) is 25.5 Å². The Hall–Kier alpha value is -1.87. The predicted molar refractivity (Wildman–Crippen MR) is 69.9 cm³/mol. The summed E-state index contributed by atoms with van der Waals surface area (Å²) < 4.78 is 67.4. The van der Waals surface area contributed by atoms with Crippen molar-refractivity contribution in [1.29, 1.82) is 0 Å². The average molecular weight is 324 g/mol. The minimum atomic E-state index is -5.96. The van der Waals surface area contributed by atoms with E-state index >= 15 is 0 Å². The summed E-state index contributed by atoms with van der Waals surface area (Å²) in [5.74, 6) is -2.47. The first kappa shape index (κ1) is 19.1. The molecule has 0 amide bonds. The third-order valence-electron chi connectivity index (χ3n) is 2.06. The van der Waals surface area contributed by atoms with E-state index in [4.69, 9.17) is 0 Å². The van der Waals surface area contributed by atoms with E-state index in [2.05, 4.69) is 22.3 Å². The molecule has 0 aromatic carbocycles. The van der Waals surface area contributed by atoms with Crippen LogP contribution in [-0.2, 0) is 23.2 Å². The summed E-state index contributed by atoms with van der Waals surface area (Å²) in [5.41, 5.74) is 0. The lowest BCUT2D eigenvalue weighted by molar-refractivity contribution is -0.686. The van der Waals surface area contributed by atoms with E-state index in [1.54, 1.807) is 0 Å². The molecular formula is C12H15F3N2O3S. The van der Waals surface area contributed by atoms with Crippen LogP contribution in [-0.4, -0.2) is 22.8 Å². The van der Waals surface area contributed by atoms with E-state index in [0.29, 0.717) is 0 Å². The van der Waals surface area contributed by atoms with Crippen molar-refractivity contribution in [2.24, 2.45) is 0 Å². The Bertz CT molecular complexity index is 585. The highest BCUT2D eigenvalue weighted by Crippen LogP contribution is 2.28. The molecule has 118 valence electrons. The number of hydrogen-bond donors (Lipinski definition) is 0. The average Bonchev–Trinajstić information content (AvgIpc) is 2.77. The topological polar surface area (TPSA) is 66.0 Å². The summed E-state index contributed by atoms with van der Waals surface area (Å²) >= 11 is 0. The van der Waals surface area contributed by atoms with E-state index in [9.17, 15) is 26.1 Å². The predicted octanol–water partition coefficient (Wildman–Crippen LogP) is 1.76. The number of hydrogen-bond acceptors (Lipinski definition) is 3. The maximum atomic E-state index is 11.7. The largest absolute Gasteiger partial charge is 0.743 e. The lowest BCUT2D eigenvalue weighted by Crippen LogP contribution is -2.29. The van der Waals surface area contributed by atoms with Gasteiger partial charge in [0.15, 0.2) is 15.9 Å². The van der Waals surface area contributed by atoms with Gasteiger partial charge in [-0.1, -0.05) is 31.9 Å².